The van der Waals surface area contributed by atoms with E-state index < -0.39 is 6.10 Å². The van der Waals surface area contributed by atoms with Gasteiger partial charge in [-0.25, -0.2) is 0 Å². The quantitative estimate of drug-likeness (QED) is 0.593. The van der Waals surface area contributed by atoms with Gasteiger partial charge < -0.3 is 9.84 Å². The molecular formula is C22H38O2. The highest BCUT2D eigenvalue weighted by molar-refractivity contribution is 5.51. The Balaban J connectivity index is 3.51. The second-order valence-corrected chi connectivity index (χ2v) is 8.95. The molecule has 1 aromatic carbocycles. The van der Waals surface area contributed by atoms with Crippen molar-refractivity contribution in [3.8, 4) is 5.75 Å². The van der Waals surface area contributed by atoms with Crippen LogP contribution in [0.3, 0.4) is 0 Å². The van der Waals surface area contributed by atoms with Crippen LogP contribution in [0, 0.1) is 0 Å². The van der Waals surface area contributed by atoms with Crippen LogP contribution in [0.15, 0.2) is 12.1 Å². The van der Waals surface area contributed by atoms with Crippen molar-refractivity contribution in [2.24, 2.45) is 0 Å². The van der Waals surface area contributed by atoms with Gasteiger partial charge in [0.05, 0.1) is 12.7 Å². The van der Waals surface area contributed by atoms with Crippen molar-refractivity contribution in [1.82, 2.24) is 0 Å². The van der Waals surface area contributed by atoms with Gasteiger partial charge in [-0.3, -0.25) is 0 Å². The fourth-order valence-corrected chi connectivity index (χ4v) is 2.87. The lowest BCUT2D eigenvalue weighted by atomic mass is 9.77. The topological polar surface area (TPSA) is 29.5 Å². The highest BCUT2D eigenvalue weighted by atomic mass is 16.5. The van der Waals surface area contributed by atoms with Crippen LogP contribution in [0.5, 0.6) is 5.75 Å². The molecule has 1 unspecified atom stereocenters. The van der Waals surface area contributed by atoms with E-state index in [0.29, 0.717) is 0 Å². The number of hydrogen-bond donors (Lipinski definition) is 1. The number of benzene rings is 1. The largest absolute Gasteiger partial charge is 0.493 e. The van der Waals surface area contributed by atoms with Gasteiger partial charge in [0.1, 0.15) is 5.75 Å². The molecule has 0 amide bonds. The number of ether oxygens (including phenoxy) is 1. The average Bonchev–Trinajstić information content (AvgIpc) is 2.45. The van der Waals surface area contributed by atoms with Crippen LogP contribution < -0.4 is 4.74 Å². The van der Waals surface area contributed by atoms with Crippen LogP contribution >= 0.6 is 0 Å². The first-order valence-electron chi connectivity index (χ1n) is 9.52. The number of aliphatic hydroxyl groups excluding tert-OH is 1. The molecule has 2 nitrogen and oxygen atoms in total. The van der Waals surface area contributed by atoms with E-state index in [9.17, 15) is 5.11 Å². The summed E-state index contributed by atoms with van der Waals surface area (Å²) in [5.74, 6) is 1.02. The first-order valence-corrected chi connectivity index (χ1v) is 9.52. The average molecular weight is 335 g/mol. The van der Waals surface area contributed by atoms with Crippen molar-refractivity contribution >= 4 is 0 Å². The summed E-state index contributed by atoms with van der Waals surface area (Å²) in [7, 11) is 0. The molecule has 1 aromatic rings. The minimum atomic E-state index is -0.401. The molecule has 1 atom stereocenters. The summed E-state index contributed by atoms with van der Waals surface area (Å²) in [6.45, 7) is 18.4. The zero-order valence-corrected chi connectivity index (χ0v) is 17.1. The summed E-state index contributed by atoms with van der Waals surface area (Å²) < 4.78 is 6.27. The second kappa shape index (κ2) is 8.38. The van der Waals surface area contributed by atoms with Gasteiger partial charge in [0.25, 0.3) is 0 Å². The summed E-state index contributed by atoms with van der Waals surface area (Å²) in [4.78, 5) is 0. The van der Waals surface area contributed by atoms with Gasteiger partial charge in [-0.05, 0) is 41.4 Å². The van der Waals surface area contributed by atoms with Gasteiger partial charge >= 0.3 is 0 Å². The lowest BCUT2D eigenvalue weighted by molar-refractivity contribution is 0.166. The van der Waals surface area contributed by atoms with Crippen LogP contribution in [-0.4, -0.2) is 11.7 Å². The second-order valence-electron chi connectivity index (χ2n) is 8.95. The summed E-state index contributed by atoms with van der Waals surface area (Å²) in [5.41, 5.74) is 3.38. The molecule has 0 saturated heterocycles. The Morgan fingerprint density at radius 3 is 1.79 bits per heavy atom. The standard InChI is InChI=1S/C22H38O2/c1-9-11-13-24-20-17(21(3,4)5)14-16(19(23)12-10-2)15-18(20)22(6,7)8/h14-15,19,23H,9-13H2,1-8H3. The van der Waals surface area contributed by atoms with Crippen LogP contribution in [0.1, 0.15) is 104 Å². The van der Waals surface area contributed by atoms with Crippen molar-refractivity contribution in [2.45, 2.75) is 98.0 Å². The Bertz CT molecular complexity index is 483. The van der Waals surface area contributed by atoms with Crippen molar-refractivity contribution in [1.29, 1.82) is 0 Å². The number of aliphatic hydroxyl groups is 1. The molecule has 0 aromatic heterocycles. The normalized spacial score (nSPS) is 13.9. The van der Waals surface area contributed by atoms with E-state index in [1.807, 2.05) is 0 Å². The highest BCUT2D eigenvalue weighted by Gasteiger charge is 2.28. The van der Waals surface area contributed by atoms with E-state index in [2.05, 4.69) is 67.5 Å². The highest BCUT2D eigenvalue weighted by Crippen LogP contribution is 2.42. The van der Waals surface area contributed by atoms with Crippen molar-refractivity contribution < 1.29 is 9.84 Å². The lowest BCUT2D eigenvalue weighted by Gasteiger charge is -2.31. The zero-order valence-electron chi connectivity index (χ0n) is 17.1. The first kappa shape index (κ1) is 21.0. The molecule has 0 spiro atoms. The number of rotatable bonds is 7. The van der Waals surface area contributed by atoms with Gasteiger partial charge in [0.15, 0.2) is 0 Å². The van der Waals surface area contributed by atoms with E-state index in [1.165, 1.54) is 11.1 Å². The Hall–Kier alpha value is -1.02. The zero-order chi connectivity index (χ0) is 18.5. The van der Waals surface area contributed by atoms with Gasteiger partial charge in [-0.2, -0.15) is 0 Å². The Morgan fingerprint density at radius 2 is 1.42 bits per heavy atom. The van der Waals surface area contributed by atoms with Gasteiger partial charge in [0.2, 0.25) is 0 Å². The molecule has 0 bridgehead atoms. The lowest BCUT2D eigenvalue weighted by Crippen LogP contribution is -2.21. The molecule has 0 saturated carbocycles. The summed E-state index contributed by atoms with van der Waals surface area (Å²) >= 11 is 0. The van der Waals surface area contributed by atoms with Crippen LogP contribution in [0.25, 0.3) is 0 Å². The maximum atomic E-state index is 10.6. The molecule has 0 aliphatic carbocycles. The third-order valence-corrected chi connectivity index (χ3v) is 4.42. The van der Waals surface area contributed by atoms with Crippen LogP contribution in [0.4, 0.5) is 0 Å². The molecule has 0 aliphatic rings. The Kier molecular flexibility index (Phi) is 7.34. The molecule has 24 heavy (non-hydrogen) atoms. The predicted octanol–water partition coefficient (Wildman–Crippen LogP) is 6.29. The van der Waals surface area contributed by atoms with Crippen molar-refractivity contribution in [3.05, 3.63) is 28.8 Å². The van der Waals surface area contributed by atoms with E-state index in [0.717, 1.165) is 43.6 Å². The third kappa shape index (κ3) is 5.51. The SMILES string of the molecule is CCCCOc1c(C(C)(C)C)cc(C(O)CCC)cc1C(C)(C)C. The van der Waals surface area contributed by atoms with E-state index >= 15 is 0 Å². The molecule has 0 radical (unpaired) electrons. The summed E-state index contributed by atoms with van der Waals surface area (Å²) in [6, 6.07) is 4.33. The molecular weight excluding hydrogens is 296 g/mol. The molecule has 1 rings (SSSR count). The maximum Gasteiger partial charge on any atom is 0.126 e. The van der Waals surface area contributed by atoms with Gasteiger partial charge in [-0.15, -0.1) is 0 Å². The van der Waals surface area contributed by atoms with Crippen LogP contribution in [0.2, 0.25) is 0 Å². The molecule has 0 heterocycles. The predicted molar refractivity (Wildman–Crippen MR) is 104 cm³/mol. The molecule has 138 valence electrons. The summed E-state index contributed by atoms with van der Waals surface area (Å²) in [6.07, 6.45) is 3.56. The fourth-order valence-electron chi connectivity index (χ4n) is 2.87. The Labute approximate surface area is 149 Å². The summed E-state index contributed by atoms with van der Waals surface area (Å²) in [5, 5.41) is 10.6. The molecule has 0 fully saturated rings. The third-order valence-electron chi connectivity index (χ3n) is 4.42. The fraction of sp³-hybridized carbons (Fsp3) is 0.727. The monoisotopic (exact) mass is 334 g/mol. The van der Waals surface area contributed by atoms with Gasteiger partial charge in [0, 0.05) is 11.1 Å². The minimum absolute atomic E-state index is 0.0243. The van der Waals surface area contributed by atoms with E-state index in [-0.39, 0.29) is 10.8 Å². The van der Waals surface area contributed by atoms with E-state index in [1.54, 1.807) is 0 Å². The Morgan fingerprint density at radius 1 is 0.917 bits per heavy atom. The van der Waals surface area contributed by atoms with Crippen molar-refractivity contribution in [3.63, 3.8) is 0 Å². The molecule has 2 heteroatoms. The maximum absolute atomic E-state index is 10.6. The van der Waals surface area contributed by atoms with Gasteiger partial charge in [-0.1, -0.05) is 68.2 Å². The first-order chi connectivity index (χ1) is 11.0. The minimum Gasteiger partial charge on any atom is -0.493 e. The number of unbranched alkanes of at least 4 members (excludes halogenated alkanes) is 1. The van der Waals surface area contributed by atoms with Crippen LogP contribution in [-0.2, 0) is 10.8 Å². The smallest absolute Gasteiger partial charge is 0.126 e. The molecule has 1 N–H and O–H groups in total. The van der Waals surface area contributed by atoms with E-state index in [4.69, 9.17) is 4.74 Å². The van der Waals surface area contributed by atoms with Crippen molar-refractivity contribution in [2.75, 3.05) is 6.61 Å². The molecule has 0 aliphatic heterocycles. The number of hydrogen-bond acceptors (Lipinski definition) is 2.